The van der Waals surface area contributed by atoms with Crippen molar-refractivity contribution in [3.63, 3.8) is 0 Å². The molecule has 1 heterocycles. The van der Waals surface area contributed by atoms with Gasteiger partial charge in [0.2, 0.25) is 5.91 Å². The van der Waals surface area contributed by atoms with Crippen LogP contribution in [0.4, 0.5) is 5.69 Å². The van der Waals surface area contributed by atoms with Crippen molar-refractivity contribution in [2.75, 3.05) is 5.32 Å². The highest BCUT2D eigenvalue weighted by Gasteiger charge is 2.13. The number of anilines is 1. The van der Waals surface area contributed by atoms with E-state index in [-0.39, 0.29) is 18.2 Å². The monoisotopic (exact) mass is 377 g/mol. The highest BCUT2D eigenvalue weighted by atomic mass is 35.5. The van der Waals surface area contributed by atoms with Crippen molar-refractivity contribution in [1.29, 1.82) is 0 Å². The zero-order valence-electron chi connectivity index (χ0n) is 12.9. The molecular formula is C17H13Cl2N3O3. The van der Waals surface area contributed by atoms with Crippen molar-refractivity contribution in [3.05, 3.63) is 68.6 Å². The third-order valence-electron chi connectivity index (χ3n) is 3.51. The smallest absolute Gasteiger partial charge is 0.325 e. The molecule has 0 bridgehead atoms. The number of nitrogens with zero attached hydrogens (tertiary/aromatic N) is 1. The summed E-state index contributed by atoms with van der Waals surface area (Å²) in [6, 6.07) is 12.2. The number of amides is 1. The first-order valence-electron chi connectivity index (χ1n) is 7.41. The van der Waals surface area contributed by atoms with Crippen LogP contribution >= 0.6 is 23.2 Å². The predicted molar refractivity (Wildman–Crippen MR) is 96.0 cm³/mol. The highest BCUT2D eigenvalue weighted by molar-refractivity contribution is 6.31. The third kappa shape index (κ3) is 4.49. The Morgan fingerprint density at radius 1 is 1.12 bits per heavy atom. The Balaban J connectivity index is 1.73. The molecule has 0 radical (unpaired) electrons. The van der Waals surface area contributed by atoms with Crippen LogP contribution in [-0.2, 0) is 11.2 Å². The molecule has 128 valence electrons. The number of benzene rings is 2. The molecule has 3 rings (SSSR count). The molecule has 2 N–H and O–H groups in total. The number of aromatic amines is 1. The van der Waals surface area contributed by atoms with Gasteiger partial charge in [0.1, 0.15) is 0 Å². The number of aryl methyl sites for hydroxylation is 1. The van der Waals surface area contributed by atoms with E-state index in [1.54, 1.807) is 30.3 Å². The van der Waals surface area contributed by atoms with Gasteiger partial charge in [-0.3, -0.25) is 14.3 Å². The standard InChI is InChI=1S/C17H13Cl2N3O3/c18-11-4-1-10(2-5-11)3-8-15(23)20-14-9-12(19)6-7-13(14)16-21-17(24)25-22-16/h1-2,4-7,9H,3,8H2,(H,20,23)(H,21,22,24). The van der Waals surface area contributed by atoms with Crippen LogP contribution in [0, 0.1) is 0 Å². The minimum atomic E-state index is -0.676. The molecule has 0 aliphatic carbocycles. The van der Waals surface area contributed by atoms with E-state index in [1.165, 1.54) is 0 Å². The maximum atomic E-state index is 12.3. The summed E-state index contributed by atoms with van der Waals surface area (Å²) in [4.78, 5) is 25.8. The van der Waals surface area contributed by atoms with Crippen LogP contribution in [0.15, 0.2) is 51.8 Å². The van der Waals surface area contributed by atoms with E-state index in [9.17, 15) is 9.59 Å². The fourth-order valence-electron chi connectivity index (χ4n) is 2.29. The van der Waals surface area contributed by atoms with Crippen molar-refractivity contribution in [3.8, 4) is 11.4 Å². The number of carbonyl (C=O) groups is 1. The van der Waals surface area contributed by atoms with Gasteiger partial charge in [-0.2, -0.15) is 0 Å². The Kier molecular flexibility index (Phi) is 5.21. The van der Waals surface area contributed by atoms with Gasteiger partial charge in [-0.25, -0.2) is 4.79 Å². The van der Waals surface area contributed by atoms with Gasteiger partial charge in [0.05, 0.1) is 5.69 Å². The van der Waals surface area contributed by atoms with Crippen LogP contribution in [0.3, 0.4) is 0 Å². The maximum Gasteiger partial charge on any atom is 0.439 e. The number of carbonyl (C=O) groups excluding carboxylic acids is 1. The molecule has 8 heteroatoms. The SMILES string of the molecule is O=C(CCc1ccc(Cl)cc1)Nc1cc(Cl)ccc1-c1noc(=O)[nH]1. The predicted octanol–water partition coefficient (Wildman–Crippen LogP) is 3.91. The fourth-order valence-corrected chi connectivity index (χ4v) is 2.59. The van der Waals surface area contributed by atoms with Crippen molar-refractivity contribution in [2.45, 2.75) is 12.8 Å². The van der Waals surface area contributed by atoms with Gasteiger partial charge in [-0.05, 0) is 42.3 Å². The largest absolute Gasteiger partial charge is 0.439 e. The summed E-state index contributed by atoms with van der Waals surface area (Å²) in [7, 11) is 0. The first-order valence-corrected chi connectivity index (χ1v) is 8.17. The van der Waals surface area contributed by atoms with Crippen LogP contribution in [0.2, 0.25) is 10.0 Å². The van der Waals surface area contributed by atoms with Gasteiger partial charge in [0.15, 0.2) is 5.82 Å². The van der Waals surface area contributed by atoms with Crippen molar-refractivity contribution in [1.82, 2.24) is 10.1 Å². The van der Waals surface area contributed by atoms with Crippen molar-refractivity contribution >= 4 is 34.8 Å². The number of hydrogen-bond acceptors (Lipinski definition) is 4. The molecule has 0 aliphatic heterocycles. The van der Waals surface area contributed by atoms with Gasteiger partial charge < -0.3 is 5.32 Å². The lowest BCUT2D eigenvalue weighted by molar-refractivity contribution is -0.116. The summed E-state index contributed by atoms with van der Waals surface area (Å²) in [5, 5.41) is 7.52. The average Bonchev–Trinajstić information content (AvgIpc) is 3.01. The molecule has 1 aromatic heterocycles. The third-order valence-corrected chi connectivity index (χ3v) is 3.99. The zero-order chi connectivity index (χ0) is 17.8. The molecule has 0 spiro atoms. The number of nitrogens with one attached hydrogen (secondary N) is 2. The number of aromatic nitrogens is 2. The Morgan fingerprint density at radius 2 is 1.84 bits per heavy atom. The lowest BCUT2D eigenvalue weighted by Gasteiger charge is -2.10. The van der Waals surface area contributed by atoms with Crippen molar-refractivity contribution in [2.24, 2.45) is 0 Å². The topological polar surface area (TPSA) is 88.0 Å². The molecule has 6 nitrogen and oxygen atoms in total. The number of halogens is 2. The van der Waals surface area contributed by atoms with E-state index < -0.39 is 5.76 Å². The minimum Gasteiger partial charge on any atom is -0.325 e. The number of rotatable bonds is 5. The molecule has 0 fully saturated rings. The van der Waals surface area contributed by atoms with Gasteiger partial charge in [-0.1, -0.05) is 40.5 Å². The van der Waals surface area contributed by atoms with Crippen LogP contribution in [0.1, 0.15) is 12.0 Å². The Hall–Kier alpha value is -2.57. The van der Waals surface area contributed by atoms with Crippen LogP contribution in [-0.4, -0.2) is 16.0 Å². The quantitative estimate of drug-likeness (QED) is 0.705. The first kappa shape index (κ1) is 17.3. The van der Waals surface area contributed by atoms with Crippen LogP contribution in [0.5, 0.6) is 0 Å². The molecule has 1 amide bonds. The maximum absolute atomic E-state index is 12.3. The number of H-pyrrole nitrogens is 1. The van der Waals surface area contributed by atoms with E-state index in [0.717, 1.165) is 5.56 Å². The Morgan fingerprint density at radius 3 is 2.52 bits per heavy atom. The average molecular weight is 378 g/mol. The second-order valence-electron chi connectivity index (χ2n) is 5.31. The Bertz CT molecular complexity index is 948. The second-order valence-corrected chi connectivity index (χ2v) is 6.18. The summed E-state index contributed by atoms with van der Waals surface area (Å²) < 4.78 is 4.51. The van der Waals surface area contributed by atoms with Gasteiger partial charge >= 0.3 is 5.76 Å². The van der Waals surface area contributed by atoms with Gasteiger partial charge in [0, 0.05) is 22.0 Å². The molecule has 0 unspecified atom stereocenters. The minimum absolute atomic E-state index is 0.190. The lowest BCUT2D eigenvalue weighted by Crippen LogP contribution is -2.13. The molecule has 2 aromatic carbocycles. The second kappa shape index (κ2) is 7.55. The fraction of sp³-hybridized carbons (Fsp3) is 0.118. The highest BCUT2D eigenvalue weighted by Crippen LogP contribution is 2.28. The normalized spacial score (nSPS) is 10.6. The zero-order valence-corrected chi connectivity index (χ0v) is 14.4. The molecule has 25 heavy (non-hydrogen) atoms. The summed E-state index contributed by atoms with van der Waals surface area (Å²) >= 11 is 11.8. The van der Waals surface area contributed by atoms with Crippen LogP contribution in [0.25, 0.3) is 11.4 Å². The van der Waals surface area contributed by atoms with Gasteiger partial charge in [-0.15, -0.1) is 0 Å². The van der Waals surface area contributed by atoms with Gasteiger partial charge in [0.25, 0.3) is 0 Å². The van der Waals surface area contributed by atoms with E-state index in [0.29, 0.717) is 27.7 Å². The first-order chi connectivity index (χ1) is 12.0. The van der Waals surface area contributed by atoms with Crippen molar-refractivity contribution < 1.29 is 9.32 Å². The molecule has 0 atom stereocenters. The molecule has 0 aliphatic rings. The van der Waals surface area contributed by atoms with E-state index in [2.05, 4.69) is 20.0 Å². The van der Waals surface area contributed by atoms with E-state index in [4.69, 9.17) is 23.2 Å². The molecular weight excluding hydrogens is 365 g/mol. The number of hydrogen-bond donors (Lipinski definition) is 2. The molecule has 0 saturated carbocycles. The van der Waals surface area contributed by atoms with E-state index >= 15 is 0 Å². The summed E-state index contributed by atoms with van der Waals surface area (Å²) in [6.45, 7) is 0. The Labute approximate surface area is 152 Å². The summed E-state index contributed by atoms with van der Waals surface area (Å²) in [5.41, 5.74) is 1.96. The molecule has 0 saturated heterocycles. The van der Waals surface area contributed by atoms with Crippen LogP contribution < -0.4 is 11.1 Å². The summed E-state index contributed by atoms with van der Waals surface area (Å²) in [5.74, 6) is -0.649. The lowest BCUT2D eigenvalue weighted by atomic mass is 10.1. The summed E-state index contributed by atoms with van der Waals surface area (Å²) in [6.07, 6.45) is 0.850. The van der Waals surface area contributed by atoms with E-state index in [1.807, 2.05) is 12.1 Å². The molecule has 3 aromatic rings.